The van der Waals surface area contributed by atoms with Gasteiger partial charge in [-0.15, -0.1) is 11.3 Å². The van der Waals surface area contributed by atoms with Crippen LogP contribution in [0.3, 0.4) is 0 Å². The predicted molar refractivity (Wildman–Crippen MR) is 251 cm³/mol. The number of hydrogen-bond acceptors (Lipinski definition) is 3. The molecule has 12 rings (SSSR count). The van der Waals surface area contributed by atoms with Crippen molar-refractivity contribution in [2.45, 2.75) is 12.3 Å². The summed E-state index contributed by atoms with van der Waals surface area (Å²) in [6.07, 6.45) is 0. The van der Waals surface area contributed by atoms with E-state index >= 15 is 0 Å². The van der Waals surface area contributed by atoms with Gasteiger partial charge in [-0.05, 0) is 122 Å². The second-order valence-electron chi connectivity index (χ2n) is 16.1. The topological polar surface area (TPSA) is 27.0 Å². The summed E-state index contributed by atoms with van der Waals surface area (Å²) in [4.78, 5) is 2.51. The molecule has 1 aliphatic carbocycles. The minimum absolute atomic E-state index is 0.408. The molecule has 0 spiro atoms. The fourth-order valence-electron chi connectivity index (χ4n) is 10.1. The lowest BCUT2D eigenvalue weighted by Crippen LogP contribution is -2.32. The summed E-state index contributed by atoms with van der Waals surface area (Å²) in [5, 5.41) is 12.0. The number of nitrogens with zero attached hydrogens (tertiary/aromatic N) is 2. The molecule has 0 saturated carbocycles. The Labute approximate surface area is 353 Å². The van der Waals surface area contributed by atoms with Crippen molar-refractivity contribution in [3.8, 4) is 61.7 Å². The van der Waals surface area contributed by atoms with Crippen molar-refractivity contribution in [1.82, 2.24) is 0 Å². The molecule has 0 bridgehead atoms. The molecule has 1 aliphatic heterocycles. The molecule has 1 aromatic heterocycles. The van der Waals surface area contributed by atoms with Crippen LogP contribution >= 0.6 is 11.3 Å². The van der Waals surface area contributed by atoms with Gasteiger partial charge in [0.2, 0.25) is 0 Å². The summed E-state index contributed by atoms with van der Waals surface area (Å²) in [7, 11) is 0. The van der Waals surface area contributed by atoms with E-state index in [1.807, 2.05) is 23.5 Å². The molecule has 3 heteroatoms. The van der Waals surface area contributed by atoms with Crippen molar-refractivity contribution in [1.29, 1.82) is 5.26 Å². The second-order valence-corrected chi connectivity index (χ2v) is 17.1. The molecule has 2 aliphatic rings. The van der Waals surface area contributed by atoms with Crippen LogP contribution in [0.4, 0.5) is 17.1 Å². The van der Waals surface area contributed by atoms with Crippen LogP contribution in [0.15, 0.2) is 200 Å². The van der Waals surface area contributed by atoms with Crippen LogP contribution in [-0.4, -0.2) is 0 Å². The van der Waals surface area contributed by atoms with Gasteiger partial charge in [0, 0.05) is 36.8 Å². The van der Waals surface area contributed by atoms with Crippen LogP contribution in [-0.2, 0) is 5.41 Å². The average molecular weight is 781 g/mol. The quantitative estimate of drug-likeness (QED) is 0.174. The highest BCUT2D eigenvalue weighted by Gasteiger charge is 2.50. The zero-order valence-corrected chi connectivity index (χ0v) is 33.7. The highest BCUT2D eigenvalue weighted by atomic mass is 32.1. The number of rotatable bonds is 5. The van der Waals surface area contributed by atoms with E-state index in [2.05, 4.69) is 206 Å². The molecule has 0 fully saturated rings. The lowest BCUT2D eigenvalue weighted by Gasteiger charge is -2.42. The lowest BCUT2D eigenvalue weighted by atomic mass is 9.70. The normalized spacial score (nSPS) is 14.8. The highest BCUT2D eigenvalue weighted by Crippen LogP contribution is 2.65. The van der Waals surface area contributed by atoms with Gasteiger partial charge in [0.05, 0.1) is 23.0 Å². The summed E-state index contributed by atoms with van der Waals surface area (Å²) in [6, 6.07) is 75.0. The first kappa shape index (κ1) is 34.5. The molecule has 60 heavy (non-hydrogen) atoms. The van der Waals surface area contributed by atoms with Gasteiger partial charge in [-0.2, -0.15) is 5.26 Å². The van der Waals surface area contributed by atoms with Gasteiger partial charge >= 0.3 is 0 Å². The summed E-state index contributed by atoms with van der Waals surface area (Å²) in [5.74, 6) is 0. The van der Waals surface area contributed by atoms with Crippen molar-refractivity contribution in [3.05, 3.63) is 222 Å². The Hall–Kier alpha value is -7.51. The fraction of sp³-hybridized carbons (Fsp3) is 0.0351. The minimum Gasteiger partial charge on any atom is -0.310 e. The van der Waals surface area contributed by atoms with Gasteiger partial charge in [-0.25, -0.2) is 0 Å². The molecule has 0 amide bonds. The summed E-state index contributed by atoms with van der Waals surface area (Å²) in [6.45, 7) is 2.47. The summed E-state index contributed by atoms with van der Waals surface area (Å²) < 4.78 is 2.59. The van der Waals surface area contributed by atoms with Crippen LogP contribution in [0.1, 0.15) is 29.2 Å². The van der Waals surface area contributed by atoms with Crippen LogP contribution in [0, 0.1) is 11.3 Å². The smallest absolute Gasteiger partial charge is 0.0991 e. The van der Waals surface area contributed by atoms with E-state index in [9.17, 15) is 5.26 Å². The molecule has 280 valence electrons. The molecule has 1 unspecified atom stereocenters. The molecule has 2 heterocycles. The third-order valence-corrected chi connectivity index (χ3v) is 14.1. The summed E-state index contributed by atoms with van der Waals surface area (Å²) in [5.41, 5.74) is 20.1. The molecule has 0 N–H and O–H groups in total. The van der Waals surface area contributed by atoms with E-state index in [0.29, 0.717) is 5.56 Å². The van der Waals surface area contributed by atoms with Crippen molar-refractivity contribution in [2.24, 2.45) is 0 Å². The molecule has 0 saturated heterocycles. The molecule has 2 nitrogen and oxygen atoms in total. The lowest BCUT2D eigenvalue weighted by molar-refractivity contribution is 0.710. The van der Waals surface area contributed by atoms with Crippen LogP contribution in [0.2, 0.25) is 0 Å². The third kappa shape index (κ3) is 5.05. The molecular formula is C57H36N2S. The SMILES string of the molecule is CC12c3cccc(-c4ccccc4)c3-c3cccc(c31)N(c1ccc(-c3ccc(-c4ccccc4)cc3)cc1)c1ccc3c(sc4ccc(-c5ccc(C#N)cc5)cc43)c12. The average Bonchev–Trinajstić information content (AvgIpc) is 3.83. The second kappa shape index (κ2) is 13.3. The zero-order chi connectivity index (χ0) is 40.0. The van der Waals surface area contributed by atoms with E-state index in [0.717, 1.165) is 16.8 Å². The van der Waals surface area contributed by atoms with E-state index in [1.54, 1.807) is 0 Å². The van der Waals surface area contributed by atoms with Gasteiger partial charge < -0.3 is 4.90 Å². The Morgan fingerprint density at radius 2 is 1.03 bits per heavy atom. The fourth-order valence-corrected chi connectivity index (χ4v) is 11.4. The zero-order valence-electron chi connectivity index (χ0n) is 32.9. The van der Waals surface area contributed by atoms with Crippen molar-refractivity contribution >= 4 is 48.6 Å². The van der Waals surface area contributed by atoms with E-state index in [1.165, 1.54) is 92.7 Å². The Morgan fingerprint density at radius 3 is 1.73 bits per heavy atom. The summed E-state index contributed by atoms with van der Waals surface area (Å²) >= 11 is 1.90. The van der Waals surface area contributed by atoms with E-state index in [-0.39, 0.29) is 0 Å². The first-order valence-electron chi connectivity index (χ1n) is 20.5. The van der Waals surface area contributed by atoms with Gasteiger partial charge in [0.25, 0.3) is 0 Å². The Morgan fingerprint density at radius 1 is 0.467 bits per heavy atom. The third-order valence-electron chi connectivity index (χ3n) is 12.9. The number of nitriles is 1. The van der Waals surface area contributed by atoms with Crippen LogP contribution < -0.4 is 4.90 Å². The predicted octanol–water partition coefficient (Wildman–Crippen LogP) is 15.7. The maximum atomic E-state index is 9.43. The highest BCUT2D eigenvalue weighted by molar-refractivity contribution is 7.26. The largest absolute Gasteiger partial charge is 0.310 e. The van der Waals surface area contributed by atoms with Gasteiger partial charge in [-0.1, -0.05) is 152 Å². The van der Waals surface area contributed by atoms with Gasteiger partial charge in [0.1, 0.15) is 0 Å². The number of thiophene rings is 1. The van der Waals surface area contributed by atoms with Crippen molar-refractivity contribution in [2.75, 3.05) is 4.90 Å². The number of fused-ring (bicyclic) bond motifs is 9. The van der Waals surface area contributed by atoms with Crippen LogP contribution in [0.25, 0.3) is 75.8 Å². The van der Waals surface area contributed by atoms with E-state index < -0.39 is 5.41 Å². The van der Waals surface area contributed by atoms with Crippen molar-refractivity contribution in [3.63, 3.8) is 0 Å². The van der Waals surface area contributed by atoms with Crippen LogP contribution in [0.5, 0.6) is 0 Å². The molecule has 10 aromatic rings. The number of hydrogen-bond donors (Lipinski definition) is 0. The monoisotopic (exact) mass is 780 g/mol. The Balaban J connectivity index is 1.07. The van der Waals surface area contributed by atoms with Gasteiger partial charge in [-0.3, -0.25) is 0 Å². The minimum atomic E-state index is -0.408. The Kier molecular flexibility index (Phi) is 7.63. The standard InChI is InChI=1S/C57H36N2S/c1-57-49-16-8-14-45(42-12-6-3-7-13-42)53(49)47-15-9-17-50(54(47)57)59(44-29-26-40(27-30-44)39-24-22-38(23-25-39)37-10-4-2-5-11-37)51-32-31-46-48-34-43(41-20-18-36(35-58)19-21-41)28-33-52(48)60-56(46)55(51)57/h2-34H,1H3. The number of anilines is 3. The molecule has 1 atom stereocenters. The van der Waals surface area contributed by atoms with Gasteiger partial charge in [0.15, 0.2) is 0 Å². The number of benzene rings is 9. The molecular weight excluding hydrogens is 745 g/mol. The first-order valence-corrected chi connectivity index (χ1v) is 21.3. The Bertz CT molecular complexity index is 3360. The van der Waals surface area contributed by atoms with E-state index in [4.69, 9.17) is 0 Å². The van der Waals surface area contributed by atoms with Crippen molar-refractivity contribution < 1.29 is 0 Å². The first-order chi connectivity index (χ1) is 29.6. The maximum Gasteiger partial charge on any atom is 0.0991 e. The maximum absolute atomic E-state index is 9.43. The molecule has 9 aromatic carbocycles. The molecule has 0 radical (unpaired) electrons.